The summed E-state index contributed by atoms with van der Waals surface area (Å²) in [6.07, 6.45) is 1.23. The van der Waals surface area contributed by atoms with Gasteiger partial charge in [-0.05, 0) is 49.2 Å². The van der Waals surface area contributed by atoms with E-state index in [1.165, 1.54) is 26.5 Å². The van der Waals surface area contributed by atoms with Gasteiger partial charge in [0.15, 0.2) is 23.0 Å². The van der Waals surface area contributed by atoms with Gasteiger partial charge < -0.3 is 33.2 Å². The number of fused-ring (bicyclic) bond motifs is 3. The fraction of sp³-hybridized carbons (Fsp3) is 0.267. The zero-order chi connectivity index (χ0) is 27.8. The number of benzene rings is 3. The van der Waals surface area contributed by atoms with Gasteiger partial charge in [-0.3, -0.25) is 9.59 Å². The molecule has 0 fully saturated rings. The molecule has 1 aliphatic heterocycles. The maximum Gasteiger partial charge on any atom is 0.312 e. The van der Waals surface area contributed by atoms with E-state index in [-0.39, 0.29) is 40.6 Å². The minimum absolute atomic E-state index is 0.00145. The van der Waals surface area contributed by atoms with Crippen molar-refractivity contribution >= 4 is 16.9 Å². The highest BCUT2D eigenvalue weighted by molar-refractivity contribution is 5.94. The molecule has 2 heterocycles. The first-order valence-electron chi connectivity index (χ1n) is 12.3. The molecule has 0 spiro atoms. The molecular weight excluding hydrogens is 504 g/mol. The largest absolute Gasteiger partial charge is 0.507 e. The Morgan fingerprint density at radius 3 is 2.28 bits per heavy atom. The average Bonchev–Trinajstić information content (AvgIpc) is 2.91. The lowest BCUT2D eigenvalue weighted by Crippen LogP contribution is -2.22. The molecule has 1 atom stereocenters. The molecule has 9 heteroatoms. The van der Waals surface area contributed by atoms with Crippen molar-refractivity contribution in [2.24, 2.45) is 0 Å². The lowest BCUT2D eigenvalue weighted by molar-refractivity contribution is -0.135. The van der Waals surface area contributed by atoms with Crippen LogP contribution in [0.4, 0.5) is 0 Å². The fourth-order valence-corrected chi connectivity index (χ4v) is 4.88. The molecule has 0 radical (unpaired) electrons. The number of ether oxygens (including phenoxy) is 5. The van der Waals surface area contributed by atoms with Crippen LogP contribution in [0.5, 0.6) is 34.5 Å². The van der Waals surface area contributed by atoms with Crippen LogP contribution >= 0.6 is 0 Å². The van der Waals surface area contributed by atoms with E-state index in [0.29, 0.717) is 34.1 Å². The SMILES string of the molecule is COc1ccc(-c2coc3c4c(cc(O)c3c2=O)OC(=O)C[C@@H]4c2ccc(OC)c(OC(C)C)c2)cc1OC. The van der Waals surface area contributed by atoms with Crippen LogP contribution in [0.15, 0.2) is 57.9 Å². The average molecular weight is 533 g/mol. The van der Waals surface area contributed by atoms with Gasteiger partial charge in [0.05, 0.1) is 39.4 Å². The summed E-state index contributed by atoms with van der Waals surface area (Å²) in [6.45, 7) is 3.81. The molecule has 4 aromatic rings. The Morgan fingerprint density at radius 1 is 0.897 bits per heavy atom. The van der Waals surface area contributed by atoms with Crippen LogP contribution in [0.2, 0.25) is 0 Å². The first kappa shape index (κ1) is 26.0. The quantitative estimate of drug-likeness (QED) is 0.246. The Morgan fingerprint density at radius 2 is 1.59 bits per heavy atom. The van der Waals surface area contributed by atoms with Gasteiger partial charge in [-0.25, -0.2) is 0 Å². The summed E-state index contributed by atoms with van der Waals surface area (Å²) in [5.41, 5.74) is 1.66. The second kappa shape index (κ2) is 10.2. The minimum atomic E-state index is -0.528. The number of phenols is 1. The first-order valence-corrected chi connectivity index (χ1v) is 12.3. The minimum Gasteiger partial charge on any atom is -0.507 e. The molecule has 0 amide bonds. The van der Waals surface area contributed by atoms with Crippen molar-refractivity contribution in [1.29, 1.82) is 0 Å². The number of carbonyl (C=O) groups is 1. The van der Waals surface area contributed by atoms with Crippen LogP contribution in [-0.2, 0) is 4.79 Å². The summed E-state index contributed by atoms with van der Waals surface area (Å²) in [7, 11) is 4.57. The van der Waals surface area contributed by atoms with E-state index in [9.17, 15) is 14.7 Å². The molecular formula is C30H28O9. The van der Waals surface area contributed by atoms with Crippen molar-refractivity contribution in [3.05, 3.63) is 70.1 Å². The molecule has 1 aliphatic rings. The van der Waals surface area contributed by atoms with Crippen molar-refractivity contribution in [1.82, 2.24) is 0 Å². The highest BCUT2D eigenvalue weighted by Crippen LogP contribution is 2.47. The number of methoxy groups -OCH3 is 3. The Hall–Kier alpha value is -4.66. The van der Waals surface area contributed by atoms with E-state index >= 15 is 0 Å². The van der Waals surface area contributed by atoms with Crippen molar-refractivity contribution in [2.45, 2.75) is 32.3 Å². The maximum atomic E-state index is 13.7. The molecule has 0 saturated heterocycles. The zero-order valence-electron chi connectivity index (χ0n) is 22.2. The lowest BCUT2D eigenvalue weighted by Gasteiger charge is -2.26. The zero-order valence-corrected chi connectivity index (χ0v) is 22.2. The number of aromatic hydroxyl groups is 1. The van der Waals surface area contributed by atoms with Gasteiger partial charge in [0.25, 0.3) is 0 Å². The van der Waals surface area contributed by atoms with E-state index in [2.05, 4.69) is 0 Å². The van der Waals surface area contributed by atoms with E-state index < -0.39 is 17.3 Å². The predicted octanol–water partition coefficient (Wildman–Crippen LogP) is 5.42. The molecule has 0 unspecified atom stereocenters. The van der Waals surface area contributed by atoms with Crippen LogP contribution < -0.4 is 29.1 Å². The van der Waals surface area contributed by atoms with Gasteiger partial charge in [-0.2, -0.15) is 0 Å². The van der Waals surface area contributed by atoms with Crippen LogP contribution in [0.3, 0.4) is 0 Å². The number of phenolic OH excluding ortho intramolecular Hbond substituents is 1. The van der Waals surface area contributed by atoms with Crippen molar-refractivity contribution in [3.8, 4) is 45.6 Å². The first-order chi connectivity index (χ1) is 18.7. The third-order valence-electron chi connectivity index (χ3n) is 6.62. The van der Waals surface area contributed by atoms with Crippen LogP contribution in [0.1, 0.15) is 37.3 Å². The lowest BCUT2D eigenvalue weighted by atomic mass is 9.84. The summed E-state index contributed by atoms with van der Waals surface area (Å²) in [5.74, 6) is 0.789. The molecule has 1 N–H and O–H groups in total. The van der Waals surface area contributed by atoms with Gasteiger partial charge in [-0.1, -0.05) is 12.1 Å². The molecule has 5 rings (SSSR count). The van der Waals surface area contributed by atoms with E-state index in [4.69, 9.17) is 28.1 Å². The molecule has 1 aromatic heterocycles. The Kier molecular flexibility index (Phi) is 6.82. The number of hydrogen-bond donors (Lipinski definition) is 1. The maximum absolute atomic E-state index is 13.7. The van der Waals surface area contributed by atoms with Crippen molar-refractivity contribution in [2.75, 3.05) is 21.3 Å². The van der Waals surface area contributed by atoms with Crippen LogP contribution in [0, 0.1) is 0 Å². The number of hydrogen-bond acceptors (Lipinski definition) is 9. The molecule has 0 aliphatic carbocycles. The summed E-state index contributed by atoms with van der Waals surface area (Å²) >= 11 is 0. The van der Waals surface area contributed by atoms with Gasteiger partial charge in [0.2, 0.25) is 5.43 Å². The highest BCUT2D eigenvalue weighted by atomic mass is 16.5. The summed E-state index contributed by atoms with van der Waals surface area (Å²) < 4.78 is 33.5. The van der Waals surface area contributed by atoms with Crippen molar-refractivity contribution < 1.29 is 38.0 Å². The topological polar surface area (TPSA) is 114 Å². The number of esters is 1. The summed E-state index contributed by atoms with van der Waals surface area (Å²) in [5, 5.41) is 10.9. The Bertz CT molecular complexity index is 1630. The molecule has 202 valence electrons. The van der Waals surface area contributed by atoms with E-state index in [0.717, 1.165) is 5.56 Å². The van der Waals surface area contributed by atoms with E-state index in [1.54, 1.807) is 37.4 Å². The standard InChI is InChI=1S/C30H28O9/c1-15(2)38-24-11-16(6-9-22(24)35-4)18-12-26(32)39-25-13-20(31)28-29(33)19(14-37-30(28)27(18)25)17-7-8-21(34-3)23(10-17)36-5/h6-11,13-15,18,31H,12H2,1-5H3/t18-/m1/s1. The normalized spacial score (nSPS) is 14.6. The monoisotopic (exact) mass is 532 g/mol. The van der Waals surface area contributed by atoms with E-state index in [1.807, 2.05) is 19.9 Å². The van der Waals surface area contributed by atoms with Crippen LogP contribution in [0.25, 0.3) is 22.1 Å². The molecule has 39 heavy (non-hydrogen) atoms. The predicted molar refractivity (Wildman–Crippen MR) is 144 cm³/mol. The number of carbonyl (C=O) groups excluding carboxylic acids is 1. The van der Waals surface area contributed by atoms with Crippen molar-refractivity contribution in [3.63, 3.8) is 0 Å². The third kappa shape index (κ3) is 4.60. The second-order valence-corrected chi connectivity index (χ2v) is 9.37. The van der Waals surface area contributed by atoms with Gasteiger partial charge >= 0.3 is 5.97 Å². The van der Waals surface area contributed by atoms with Crippen LogP contribution in [-0.4, -0.2) is 38.5 Å². The van der Waals surface area contributed by atoms with Gasteiger partial charge in [-0.15, -0.1) is 0 Å². The Labute approximate surface area is 224 Å². The molecule has 0 bridgehead atoms. The smallest absolute Gasteiger partial charge is 0.312 e. The molecule has 0 saturated carbocycles. The highest BCUT2D eigenvalue weighted by Gasteiger charge is 2.34. The van der Waals surface area contributed by atoms with Gasteiger partial charge in [0.1, 0.15) is 28.7 Å². The molecule has 9 nitrogen and oxygen atoms in total. The van der Waals surface area contributed by atoms with Gasteiger partial charge in [0, 0.05) is 17.5 Å². The summed E-state index contributed by atoms with van der Waals surface area (Å²) in [6, 6.07) is 11.7. The Balaban J connectivity index is 1.71. The summed E-state index contributed by atoms with van der Waals surface area (Å²) in [4.78, 5) is 26.3. The number of rotatable bonds is 7. The second-order valence-electron chi connectivity index (χ2n) is 9.37. The third-order valence-corrected chi connectivity index (χ3v) is 6.62. The molecule has 3 aromatic carbocycles. The fourth-order valence-electron chi connectivity index (χ4n) is 4.88.